The highest BCUT2D eigenvalue weighted by molar-refractivity contribution is 5.91. The summed E-state index contributed by atoms with van der Waals surface area (Å²) in [6.45, 7) is 7.08. The maximum Gasteiger partial charge on any atom is 0.118 e. The van der Waals surface area contributed by atoms with Gasteiger partial charge in [-0.05, 0) is 30.2 Å². The number of rotatable bonds is 7. The standard InChI is InChI=1S/C18H27N5O/c1-2-17(22-20)7-8-18(19)21-13-15-3-5-16(6-4-15)14-23-9-11-24-12-10-23/h2-8,22H,9-14,20H2,1H3,(H2,19,21)/b8-7-,17-2+. The molecule has 130 valence electrons. The lowest BCUT2D eigenvalue weighted by atomic mass is 10.1. The lowest BCUT2D eigenvalue weighted by Gasteiger charge is -2.26. The summed E-state index contributed by atoms with van der Waals surface area (Å²) in [6, 6.07) is 8.52. The minimum atomic E-state index is 0.474. The van der Waals surface area contributed by atoms with Gasteiger partial charge in [0.15, 0.2) is 0 Å². The first-order valence-electron chi connectivity index (χ1n) is 8.20. The molecule has 6 heteroatoms. The maximum atomic E-state index is 5.88. The summed E-state index contributed by atoms with van der Waals surface area (Å²) in [7, 11) is 0. The highest BCUT2D eigenvalue weighted by Gasteiger charge is 2.10. The lowest BCUT2D eigenvalue weighted by Crippen LogP contribution is -2.35. The van der Waals surface area contributed by atoms with E-state index in [2.05, 4.69) is 39.6 Å². The van der Waals surface area contributed by atoms with Gasteiger partial charge in [-0.15, -0.1) is 0 Å². The molecule has 1 aliphatic rings. The quantitative estimate of drug-likeness (QED) is 0.231. The molecule has 1 saturated heterocycles. The van der Waals surface area contributed by atoms with E-state index in [1.54, 1.807) is 12.2 Å². The van der Waals surface area contributed by atoms with Crippen LogP contribution in [0.4, 0.5) is 0 Å². The number of hydrogen-bond acceptors (Lipinski definition) is 5. The summed E-state index contributed by atoms with van der Waals surface area (Å²) in [5, 5.41) is 0. The van der Waals surface area contributed by atoms with E-state index in [9.17, 15) is 0 Å². The van der Waals surface area contributed by atoms with Crippen molar-refractivity contribution in [3.05, 3.63) is 59.3 Å². The van der Waals surface area contributed by atoms with Crippen molar-refractivity contribution in [1.29, 1.82) is 0 Å². The molecule has 6 nitrogen and oxygen atoms in total. The fourth-order valence-electron chi connectivity index (χ4n) is 2.41. The SMILES string of the molecule is C/C=C(\C=C/C(N)=NCc1ccc(CN2CCOCC2)cc1)NN. The van der Waals surface area contributed by atoms with Crippen LogP contribution in [0.25, 0.3) is 0 Å². The molecule has 0 atom stereocenters. The van der Waals surface area contributed by atoms with Crippen LogP contribution in [-0.4, -0.2) is 37.0 Å². The monoisotopic (exact) mass is 329 g/mol. The highest BCUT2D eigenvalue weighted by Crippen LogP contribution is 2.10. The largest absolute Gasteiger partial charge is 0.384 e. The van der Waals surface area contributed by atoms with E-state index in [-0.39, 0.29) is 0 Å². The number of nitrogens with zero attached hydrogens (tertiary/aromatic N) is 2. The van der Waals surface area contributed by atoms with Gasteiger partial charge >= 0.3 is 0 Å². The van der Waals surface area contributed by atoms with Gasteiger partial charge in [0.1, 0.15) is 5.84 Å². The smallest absolute Gasteiger partial charge is 0.118 e. The Morgan fingerprint density at radius 1 is 1.21 bits per heavy atom. The molecule has 0 aliphatic carbocycles. The Kier molecular flexibility index (Phi) is 7.48. The molecule has 1 fully saturated rings. The Balaban J connectivity index is 1.85. The van der Waals surface area contributed by atoms with Gasteiger partial charge in [0.2, 0.25) is 0 Å². The highest BCUT2D eigenvalue weighted by atomic mass is 16.5. The molecular weight excluding hydrogens is 302 g/mol. The zero-order chi connectivity index (χ0) is 17.2. The van der Waals surface area contributed by atoms with Crippen LogP contribution in [-0.2, 0) is 17.8 Å². The Hall–Kier alpha value is -2.15. The predicted molar refractivity (Wildman–Crippen MR) is 98.1 cm³/mol. The van der Waals surface area contributed by atoms with E-state index in [0.29, 0.717) is 12.4 Å². The molecule has 24 heavy (non-hydrogen) atoms. The number of nitrogens with one attached hydrogen (secondary N) is 1. The number of ether oxygens (including phenoxy) is 1. The first-order chi connectivity index (χ1) is 11.7. The van der Waals surface area contributed by atoms with E-state index in [1.807, 2.05) is 13.0 Å². The van der Waals surface area contributed by atoms with Crippen LogP contribution in [0.1, 0.15) is 18.1 Å². The number of hydrazine groups is 1. The molecule has 0 spiro atoms. The Labute approximate surface area is 143 Å². The third-order valence-corrected chi connectivity index (χ3v) is 3.89. The van der Waals surface area contributed by atoms with Crippen molar-refractivity contribution in [2.75, 3.05) is 26.3 Å². The molecule has 1 heterocycles. The van der Waals surface area contributed by atoms with Gasteiger partial charge in [-0.25, -0.2) is 0 Å². The molecule has 0 saturated carbocycles. The fraction of sp³-hybridized carbons (Fsp3) is 0.389. The first-order valence-corrected chi connectivity index (χ1v) is 8.20. The van der Waals surface area contributed by atoms with Crippen LogP contribution in [0, 0.1) is 0 Å². The van der Waals surface area contributed by atoms with Crippen LogP contribution in [0.5, 0.6) is 0 Å². The lowest BCUT2D eigenvalue weighted by molar-refractivity contribution is 0.0342. The maximum absolute atomic E-state index is 5.88. The summed E-state index contributed by atoms with van der Waals surface area (Å²) < 4.78 is 5.37. The molecule has 1 aliphatic heterocycles. The van der Waals surface area contributed by atoms with Gasteiger partial charge in [0.25, 0.3) is 0 Å². The molecule has 0 bridgehead atoms. The topological polar surface area (TPSA) is 88.9 Å². The molecule has 5 N–H and O–H groups in total. The zero-order valence-electron chi connectivity index (χ0n) is 14.2. The van der Waals surface area contributed by atoms with Crippen molar-refractivity contribution in [2.24, 2.45) is 16.6 Å². The molecule has 2 rings (SSSR count). The van der Waals surface area contributed by atoms with Crippen molar-refractivity contribution in [3.63, 3.8) is 0 Å². The van der Waals surface area contributed by atoms with E-state index < -0.39 is 0 Å². The van der Waals surface area contributed by atoms with Crippen molar-refractivity contribution in [1.82, 2.24) is 10.3 Å². The third kappa shape index (κ3) is 6.16. The molecule has 0 amide bonds. The van der Waals surface area contributed by atoms with E-state index in [0.717, 1.165) is 44.1 Å². The van der Waals surface area contributed by atoms with E-state index in [4.69, 9.17) is 16.3 Å². The average molecular weight is 329 g/mol. The second kappa shape index (κ2) is 9.87. The van der Waals surface area contributed by atoms with E-state index >= 15 is 0 Å². The van der Waals surface area contributed by atoms with Crippen molar-refractivity contribution in [2.45, 2.75) is 20.0 Å². The van der Waals surface area contributed by atoms with Gasteiger partial charge in [-0.3, -0.25) is 15.7 Å². The van der Waals surface area contributed by atoms with Crippen LogP contribution in [0.15, 0.2) is 53.2 Å². The normalized spacial score (nSPS) is 17.4. The second-order valence-corrected chi connectivity index (χ2v) is 5.67. The third-order valence-electron chi connectivity index (χ3n) is 3.89. The van der Waals surface area contributed by atoms with Gasteiger partial charge in [0, 0.05) is 25.3 Å². The summed E-state index contributed by atoms with van der Waals surface area (Å²) in [4.78, 5) is 6.77. The van der Waals surface area contributed by atoms with Crippen LogP contribution >= 0.6 is 0 Å². The van der Waals surface area contributed by atoms with Gasteiger partial charge in [-0.1, -0.05) is 30.3 Å². The summed E-state index contributed by atoms with van der Waals surface area (Å²) in [5.41, 5.74) is 11.7. The summed E-state index contributed by atoms with van der Waals surface area (Å²) in [6.07, 6.45) is 5.39. The number of benzene rings is 1. The summed E-state index contributed by atoms with van der Waals surface area (Å²) >= 11 is 0. The Morgan fingerprint density at radius 2 is 1.88 bits per heavy atom. The second-order valence-electron chi connectivity index (χ2n) is 5.67. The minimum absolute atomic E-state index is 0.474. The zero-order valence-corrected chi connectivity index (χ0v) is 14.2. The van der Waals surface area contributed by atoms with Gasteiger partial charge in [0.05, 0.1) is 19.8 Å². The van der Waals surface area contributed by atoms with Crippen LogP contribution < -0.4 is 17.0 Å². The van der Waals surface area contributed by atoms with Crippen molar-refractivity contribution >= 4 is 5.84 Å². The number of morpholine rings is 1. The molecule has 1 aromatic rings. The summed E-state index contributed by atoms with van der Waals surface area (Å²) in [5.74, 6) is 5.83. The number of nitrogens with two attached hydrogens (primary N) is 2. The Morgan fingerprint density at radius 3 is 2.50 bits per heavy atom. The first kappa shape index (κ1) is 18.2. The minimum Gasteiger partial charge on any atom is -0.384 e. The predicted octanol–water partition coefficient (Wildman–Crippen LogP) is 1.30. The van der Waals surface area contributed by atoms with E-state index in [1.165, 1.54) is 5.56 Å². The molecule has 1 aromatic carbocycles. The van der Waals surface area contributed by atoms with Gasteiger partial charge in [-0.2, -0.15) is 0 Å². The van der Waals surface area contributed by atoms with Gasteiger partial charge < -0.3 is 15.9 Å². The molecule has 0 unspecified atom stereocenters. The van der Waals surface area contributed by atoms with Crippen LogP contribution in [0.2, 0.25) is 0 Å². The average Bonchev–Trinajstić information content (AvgIpc) is 2.63. The number of allylic oxidation sites excluding steroid dienone is 2. The fourth-order valence-corrected chi connectivity index (χ4v) is 2.41. The number of hydrogen-bond donors (Lipinski definition) is 3. The molecule has 0 aromatic heterocycles. The van der Waals surface area contributed by atoms with Crippen molar-refractivity contribution in [3.8, 4) is 0 Å². The number of amidine groups is 1. The number of aliphatic imine (C=N–C) groups is 1. The Bertz CT molecular complexity index is 586. The van der Waals surface area contributed by atoms with Crippen LogP contribution in [0.3, 0.4) is 0 Å². The van der Waals surface area contributed by atoms with Crippen molar-refractivity contribution < 1.29 is 4.74 Å². The molecule has 0 radical (unpaired) electrons. The molecular formula is C18H27N5O.